The normalized spacial score (nSPS) is 10.2. The molecule has 0 unspecified atom stereocenters. The molecule has 0 aliphatic heterocycles. The standard InChI is InChI=1S/C20H20ClNO6/c1-11-5-16(6-12(2)18(11)21)28-10-17(23)22-15-8-13(19(24)26-3)7-14(9-15)20(25)27-4/h5-9H,10H2,1-4H3,(H,22,23). The second-order valence-corrected chi connectivity index (χ2v) is 6.37. The Bertz CT molecular complexity index is 868. The van der Waals surface area contributed by atoms with Crippen LogP contribution in [0.3, 0.4) is 0 Å². The SMILES string of the molecule is COC(=O)c1cc(NC(=O)COc2cc(C)c(Cl)c(C)c2)cc(C(=O)OC)c1. The van der Waals surface area contributed by atoms with Gasteiger partial charge in [0.25, 0.3) is 5.91 Å². The van der Waals surface area contributed by atoms with Crippen LogP contribution in [0.2, 0.25) is 5.02 Å². The average molecular weight is 406 g/mol. The summed E-state index contributed by atoms with van der Waals surface area (Å²) in [6.45, 7) is 3.42. The lowest BCUT2D eigenvalue weighted by atomic mass is 10.1. The monoisotopic (exact) mass is 405 g/mol. The lowest BCUT2D eigenvalue weighted by Crippen LogP contribution is -2.21. The zero-order chi connectivity index (χ0) is 20.8. The molecule has 0 aromatic heterocycles. The second kappa shape index (κ2) is 9.23. The van der Waals surface area contributed by atoms with Crippen LogP contribution < -0.4 is 10.1 Å². The summed E-state index contributed by atoms with van der Waals surface area (Å²) in [5, 5.41) is 3.23. The molecule has 0 heterocycles. The first-order valence-electron chi connectivity index (χ1n) is 8.26. The summed E-state index contributed by atoms with van der Waals surface area (Å²) in [7, 11) is 2.44. The highest BCUT2D eigenvalue weighted by Crippen LogP contribution is 2.26. The Hall–Kier alpha value is -3.06. The summed E-state index contributed by atoms with van der Waals surface area (Å²) in [6, 6.07) is 7.58. The largest absolute Gasteiger partial charge is 0.484 e. The first-order valence-corrected chi connectivity index (χ1v) is 8.64. The van der Waals surface area contributed by atoms with Crippen molar-refractivity contribution in [2.75, 3.05) is 26.1 Å². The minimum Gasteiger partial charge on any atom is -0.484 e. The van der Waals surface area contributed by atoms with Gasteiger partial charge in [0.05, 0.1) is 25.3 Å². The van der Waals surface area contributed by atoms with Crippen molar-refractivity contribution in [1.29, 1.82) is 0 Å². The molecule has 0 aliphatic rings. The summed E-state index contributed by atoms with van der Waals surface area (Å²) < 4.78 is 14.8. The Morgan fingerprint density at radius 3 is 1.86 bits per heavy atom. The van der Waals surface area contributed by atoms with Crippen molar-refractivity contribution in [2.24, 2.45) is 0 Å². The molecule has 0 bridgehead atoms. The number of hydrogen-bond donors (Lipinski definition) is 1. The Balaban J connectivity index is 2.14. The van der Waals surface area contributed by atoms with E-state index in [2.05, 4.69) is 14.8 Å². The maximum Gasteiger partial charge on any atom is 0.337 e. The molecule has 1 N–H and O–H groups in total. The van der Waals surface area contributed by atoms with Crippen LogP contribution in [0.15, 0.2) is 30.3 Å². The molecule has 0 fully saturated rings. The molecule has 1 amide bonds. The van der Waals surface area contributed by atoms with Crippen LogP contribution in [0.1, 0.15) is 31.8 Å². The fourth-order valence-corrected chi connectivity index (χ4v) is 2.62. The molecule has 0 aliphatic carbocycles. The minimum atomic E-state index is -0.649. The zero-order valence-corrected chi connectivity index (χ0v) is 16.7. The zero-order valence-electron chi connectivity index (χ0n) is 15.9. The summed E-state index contributed by atoms with van der Waals surface area (Å²) in [5.41, 5.74) is 2.12. The number of nitrogens with one attached hydrogen (secondary N) is 1. The number of carbonyl (C=O) groups is 3. The van der Waals surface area contributed by atoms with Crippen molar-refractivity contribution in [3.63, 3.8) is 0 Å². The van der Waals surface area contributed by atoms with Crippen molar-refractivity contribution in [1.82, 2.24) is 0 Å². The van der Waals surface area contributed by atoms with Gasteiger partial charge in [0.2, 0.25) is 0 Å². The van der Waals surface area contributed by atoms with Crippen molar-refractivity contribution in [2.45, 2.75) is 13.8 Å². The number of amides is 1. The minimum absolute atomic E-state index is 0.102. The van der Waals surface area contributed by atoms with E-state index in [1.54, 1.807) is 12.1 Å². The molecule has 7 nitrogen and oxygen atoms in total. The van der Waals surface area contributed by atoms with Gasteiger partial charge >= 0.3 is 11.9 Å². The highest BCUT2D eigenvalue weighted by Gasteiger charge is 2.15. The summed E-state index contributed by atoms with van der Waals surface area (Å²) in [4.78, 5) is 35.8. The van der Waals surface area contributed by atoms with Crippen LogP contribution in [-0.4, -0.2) is 38.7 Å². The number of esters is 2. The fraction of sp³-hybridized carbons (Fsp3) is 0.250. The van der Waals surface area contributed by atoms with Gasteiger partial charge in [-0.2, -0.15) is 0 Å². The highest BCUT2D eigenvalue weighted by atomic mass is 35.5. The molecular weight excluding hydrogens is 386 g/mol. The van der Waals surface area contributed by atoms with Crippen LogP contribution in [-0.2, 0) is 14.3 Å². The Morgan fingerprint density at radius 2 is 1.39 bits per heavy atom. The third kappa shape index (κ3) is 5.23. The molecule has 148 valence electrons. The molecule has 8 heteroatoms. The van der Waals surface area contributed by atoms with Crippen molar-refractivity contribution < 1.29 is 28.6 Å². The predicted octanol–water partition coefficient (Wildman–Crippen LogP) is 3.55. The van der Waals surface area contributed by atoms with Crippen molar-refractivity contribution in [3.05, 3.63) is 57.6 Å². The van der Waals surface area contributed by atoms with Gasteiger partial charge in [-0.3, -0.25) is 4.79 Å². The van der Waals surface area contributed by atoms with Gasteiger partial charge in [-0.15, -0.1) is 0 Å². The Kier molecular flexibility index (Phi) is 7.00. The van der Waals surface area contributed by atoms with Gasteiger partial charge in [-0.1, -0.05) is 11.6 Å². The number of rotatable bonds is 6. The third-order valence-corrected chi connectivity index (χ3v) is 4.44. The number of hydrogen-bond acceptors (Lipinski definition) is 6. The first-order chi connectivity index (χ1) is 13.2. The summed E-state index contributed by atoms with van der Waals surface area (Å²) in [6.07, 6.45) is 0. The van der Waals surface area contributed by atoms with E-state index in [0.29, 0.717) is 10.8 Å². The van der Waals surface area contributed by atoms with Gasteiger partial charge < -0.3 is 19.5 Å². The van der Waals surface area contributed by atoms with Crippen molar-refractivity contribution >= 4 is 35.1 Å². The topological polar surface area (TPSA) is 90.9 Å². The van der Waals surface area contributed by atoms with E-state index in [-0.39, 0.29) is 23.4 Å². The lowest BCUT2D eigenvalue weighted by molar-refractivity contribution is -0.118. The molecule has 0 radical (unpaired) electrons. The van der Waals surface area contributed by atoms with E-state index in [1.807, 2.05) is 13.8 Å². The molecule has 0 atom stereocenters. The fourth-order valence-electron chi connectivity index (χ4n) is 2.51. The van der Waals surface area contributed by atoms with E-state index in [0.717, 1.165) is 11.1 Å². The van der Waals surface area contributed by atoms with Gasteiger partial charge in [0.15, 0.2) is 6.61 Å². The Morgan fingerprint density at radius 1 is 0.893 bits per heavy atom. The number of aryl methyl sites for hydroxylation is 2. The van der Waals surface area contributed by atoms with Crippen molar-refractivity contribution in [3.8, 4) is 5.75 Å². The maximum absolute atomic E-state index is 12.2. The van der Waals surface area contributed by atoms with Gasteiger partial charge in [-0.05, 0) is 55.3 Å². The molecule has 0 saturated heterocycles. The van der Waals surface area contributed by atoms with E-state index >= 15 is 0 Å². The van der Waals surface area contributed by atoms with E-state index in [9.17, 15) is 14.4 Å². The maximum atomic E-state index is 12.2. The first kappa shape index (κ1) is 21.2. The number of methoxy groups -OCH3 is 2. The lowest BCUT2D eigenvalue weighted by Gasteiger charge is -2.12. The van der Waals surface area contributed by atoms with Crippen LogP contribution >= 0.6 is 11.6 Å². The quantitative estimate of drug-likeness (QED) is 0.739. The number of carbonyl (C=O) groups excluding carboxylic acids is 3. The number of ether oxygens (including phenoxy) is 3. The molecule has 2 aromatic carbocycles. The smallest absolute Gasteiger partial charge is 0.337 e. The van der Waals surface area contributed by atoms with Crippen LogP contribution in [0, 0.1) is 13.8 Å². The number of anilines is 1. The van der Waals surface area contributed by atoms with Crippen LogP contribution in [0.5, 0.6) is 5.75 Å². The van der Waals surface area contributed by atoms with Gasteiger partial charge in [-0.25, -0.2) is 9.59 Å². The predicted molar refractivity (Wildman–Crippen MR) is 104 cm³/mol. The van der Waals surface area contributed by atoms with E-state index in [4.69, 9.17) is 16.3 Å². The van der Waals surface area contributed by atoms with Crippen LogP contribution in [0.4, 0.5) is 5.69 Å². The highest BCUT2D eigenvalue weighted by molar-refractivity contribution is 6.32. The molecular formula is C20H20ClNO6. The summed E-state index contributed by atoms with van der Waals surface area (Å²) >= 11 is 6.11. The number of benzene rings is 2. The van der Waals surface area contributed by atoms with E-state index < -0.39 is 17.8 Å². The summed E-state index contributed by atoms with van der Waals surface area (Å²) in [5.74, 6) is -1.26. The molecule has 0 spiro atoms. The van der Waals surface area contributed by atoms with Gasteiger partial charge in [0.1, 0.15) is 5.75 Å². The average Bonchev–Trinajstić information content (AvgIpc) is 2.68. The van der Waals surface area contributed by atoms with Gasteiger partial charge in [0, 0.05) is 10.7 Å². The van der Waals surface area contributed by atoms with Crippen LogP contribution in [0.25, 0.3) is 0 Å². The molecule has 2 rings (SSSR count). The van der Waals surface area contributed by atoms with E-state index in [1.165, 1.54) is 32.4 Å². The number of halogens is 1. The molecule has 2 aromatic rings. The third-order valence-electron chi connectivity index (χ3n) is 3.84. The Labute approximate surface area is 167 Å². The second-order valence-electron chi connectivity index (χ2n) is 5.99. The molecule has 0 saturated carbocycles. The molecule has 28 heavy (non-hydrogen) atoms.